The molecule has 3 rings (SSSR count). The number of nitrogens with zero attached hydrogens (tertiary/aromatic N) is 3. The molecule has 0 atom stereocenters. The van der Waals surface area contributed by atoms with E-state index in [0.717, 1.165) is 27.2 Å². The minimum Gasteiger partial charge on any atom is -0.508 e. The van der Waals surface area contributed by atoms with Crippen LogP contribution in [0.4, 0.5) is 0 Å². The third-order valence-electron chi connectivity index (χ3n) is 3.59. The van der Waals surface area contributed by atoms with Crippen molar-refractivity contribution in [2.45, 2.75) is 6.92 Å². The quantitative estimate of drug-likeness (QED) is 0.426. The van der Waals surface area contributed by atoms with E-state index in [1.807, 2.05) is 12.3 Å². The van der Waals surface area contributed by atoms with Gasteiger partial charge in [0.05, 0.1) is 23.5 Å². The van der Waals surface area contributed by atoms with Gasteiger partial charge in [0, 0.05) is 16.0 Å². The van der Waals surface area contributed by atoms with Crippen molar-refractivity contribution in [1.82, 2.24) is 4.68 Å². The van der Waals surface area contributed by atoms with Crippen LogP contribution in [-0.4, -0.2) is 22.5 Å². The number of halogens is 2. The summed E-state index contributed by atoms with van der Waals surface area (Å²) in [7, 11) is 0. The van der Waals surface area contributed by atoms with Crippen LogP contribution in [0.2, 0.25) is 10.0 Å². The van der Waals surface area contributed by atoms with Crippen molar-refractivity contribution in [3.05, 3.63) is 80.4 Å². The topological polar surface area (TPSA) is 49.9 Å². The highest BCUT2D eigenvalue weighted by atomic mass is 35.5. The summed E-state index contributed by atoms with van der Waals surface area (Å²) in [6.07, 6.45) is 1.70. The standard InChI is InChI=1S/C20H17Cl2N3OS/c1-13(2)10-23-20-25(24-11-14-3-6-16(26)7-4-14)19(12-27-20)17-9-15(21)5-8-18(17)22/h3-9,11-12,26H,1,10H2,2H3. The van der Waals surface area contributed by atoms with Gasteiger partial charge in [-0.15, -0.1) is 11.3 Å². The monoisotopic (exact) mass is 417 g/mol. The summed E-state index contributed by atoms with van der Waals surface area (Å²) in [5.74, 6) is 0.207. The molecular formula is C20H17Cl2N3OS. The Labute approximate surface area is 171 Å². The number of aromatic hydroxyl groups is 1. The second-order valence-electron chi connectivity index (χ2n) is 5.95. The number of thiazole rings is 1. The average Bonchev–Trinajstić information content (AvgIpc) is 3.04. The molecule has 0 spiro atoms. The summed E-state index contributed by atoms with van der Waals surface area (Å²) in [5, 5.41) is 17.1. The van der Waals surface area contributed by atoms with Gasteiger partial charge in [-0.1, -0.05) is 35.4 Å². The fourth-order valence-corrected chi connectivity index (χ4v) is 3.50. The summed E-state index contributed by atoms with van der Waals surface area (Å²) in [5.41, 5.74) is 3.38. The number of benzene rings is 2. The van der Waals surface area contributed by atoms with Gasteiger partial charge in [0.2, 0.25) is 4.80 Å². The Morgan fingerprint density at radius 2 is 1.96 bits per heavy atom. The van der Waals surface area contributed by atoms with Gasteiger partial charge >= 0.3 is 0 Å². The fourth-order valence-electron chi connectivity index (χ4n) is 2.29. The number of rotatable bonds is 5. The predicted molar refractivity (Wildman–Crippen MR) is 114 cm³/mol. The molecule has 0 aliphatic rings. The maximum absolute atomic E-state index is 9.43. The number of aromatic nitrogens is 1. The first-order valence-corrected chi connectivity index (χ1v) is 9.72. The maximum atomic E-state index is 9.43. The summed E-state index contributed by atoms with van der Waals surface area (Å²) < 4.78 is 1.73. The first-order chi connectivity index (χ1) is 12.9. The second kappa shape index (κ2) is 8.57. The molecule has 1 aromatic heterocycles. The zero-order chi connectivity index (χ0) is 19.4. The highest BCUT2D eigenvalue weighted by Gasteiger charge is 2.11. The molecule has 0 saturated carbocycles. The molecule has 0 aliphatic heterocycles. The van der Waals surface area contributed by atoms with Gasteiger partial charge in [0.1, 0.15) is 5.75 Å². The number of hydrogen-bond donors (Lipinski definition) is 1. The molecule has 138 valence electrons. The molecule has 3 aromatic rings. The molecule has 0 saturated heterocycles. The van der Waals surface area contributed by atoms with Gasteiger partial charge in [0.25, 0.3) is 0 Å². The number of hydrogen-bond acceptors (Lipinski definition) is 4. The Balaban J connectivity index is 2.11. The Morgan fingerprint density at radius 1 is 1.22 bits per heavy atom. The van der Waals surface area contributed by atoms with E-state index in [4.69, 9.17) is 23.2 Å². The normalized spacial score (nSPS) is 12.0. The van der Waals surface area contributed by atoms with E-state index in [1.165, 1.54) is 11.3 Å². The van der Waals surface area contributed by atoms with Crippen LogP contribution < -0.4 is 4.80 Å². The highest BCUT2D eigenvalue weighted by molar-refractivity contribution is 7.07. The summed E-state index contributed by atoms with van der Waals surface area (Å²) in [6, 6.07) is 12.1. The highest BCUT2D eigenvalue weighted by Crippen LogP contribution is 2.31. The molecule has 1 N–H and O–H groups in total. The first kappa shape index (κ1) is 19.4. The van der Waals surface area contributed by atoms with Crippen LogP contribution in [0.25, 0.3) is 11.3 Å². The minimum atomic E-state index is 0.207. The third kappa shape index (κ3) is 4.89. The van der Waals surface area contributed by atoms with Crippen molar-refractivity contribution >= 4 is 40.8 Å². The molecule has 4 nitrogen and oxygen atoms in total. The lowest BCUT2D eigenvalue weighted by Crippen LogP contribution is -2.13. The Kier molecular flexibility index (Phi) is 6.16. The van der Waals surface area contributed by atoms with Gasteiger partial charge < -0.3 is 5.11 Å². The molecule has 2 aromatic carbocycles. The Hall–Kier alpha value is -2.34. The van der Waals surface area contributed by atoms with Crippen LogP contribution in [-0.2, 0) is 0 Å². The smallest absolute Gasteiger partial charge is 0.206 e. The van der Waals surface area contributed by atoms with E-state index in [1.54, 1.807) is 53.4 Å². The van der Waals surface area contributed by atoms with Crippen LogP contribution >= 0.6 is 34.5 Å². The van der Waals surface area contributed by atoms with Crippen molar-refractivity contribution in [3.63, 3.8) is 0 Å². The molecule has 7 heteroatoms. The van der Waals surface area contributed by atoms with Crippen molar-refractivity contribution in [3.8, 4) is 17.0 Å². The molecular weight excluding hydrogens is 401 g/mol. The van der Waals surface area contributed by atoms with E-state index in [9.17, 15) is 5.11 Å². The second-order valence-corrected chi connectivity index (χ2v) is 7.63. The molecule has 27 heavy (non-hydrogen) atoms. The molecule has 0 amide bonds. The van der Waals surface area contributed by atoms with Crippen LogP contribution in [0.3, 0.4) is 0 Å². The molecule has 0 radical (unpaired) electrons. The van der Waals surface area contributed by atoms with Gasteiger partial charge in [-0.2, -0.15) is 5.10 Å². The lowest BCUT2D eigenvalue weighted by atomic mass is 10.2. The zero-order valence-corrected chi connectivity index (χ0v) is 16.9. The van der Waals surface area contributed by atoms with E-state index in [2.05, 4.69) is 16.7 Å². The van der Waals surface area contributed by atoms with Crippen LogP contribution in [0, 0.1) is 0 Å². The average molecular weight is 418 g/mol. The van der Waals surface area contributed by atoms with Crippen LogP contribution in [0.5, 0.6) is 5.75 Å². The first-order valence-electron chi connectivity index (χ1n) is 8.08. The predicted octanol–water partition coefficient (Wildman–Crippen LogP) is 5.59. The SMILES string of the molecule is C=C(C)CN=c1scc(-c2cc(Cl)ccc2Cl)n1N=Cc1ccc(O)cc1. The van der Waals surface area contributed by atoms with Crippen molar-refractivity contribution < 1.29 is 5.11 Å². The molecule has 0 bridgehead atoms. The Bertz CT molecular complexity index is 1070. The van der Waals surface area contributed by atoms with Gasteiger partial charge in [0.15, 0.2) is 0 Å². The van der Waals surface area contributed by atoms with Crippen molar-refractivity contribution in [2.75, 3.05) is 6.54 Å². The molecule has 0 fully saturated rings. The lowest BCUT2D eigenvalue weighted by Gasteiger charge is -2.06. The van der Waals surface area contributed by atoms with Crippen molar-refractivity contribution in [2.24, 2.45) is 10.1 Å². The van der Waals surface area contributed by atoms with Crippen molar-refractivity contribution in [1.29, 1.82) is 0 Å². The largest absolute Gasteiger partial charge is 0.508 e. The summed E-state index contributed by atoms with van der Waals surface area (Å²) in [4.78, 5) is 5.30. The summed E-state index contributed by atoms with van der Waals surface area (Å²) in [6.45, 7) is 6.33. The van der Waals surface area contributed by atoms with E-state index in [-0.39, 0.29) is 5.75 Å². The molecule has 1 heterocycles. The maximum Gasteiger partial charge on any atom is 0.206 e. The molecule has 0 aliphatic carbocycles. The Morgan fingerprint density at radius 3 is 2.67 bits per heavy atom. The van der Waals surface area contributed by atoms with Crippen LogP contribution in [0.15, 0.2) is 70.1 Å². The van der Waals surface area contributed by atoms with Gasteiger partial charge in [-0.05, 0) is 55.0 Å². The number of phenols is 1. The van der Waals surface area contributed by atoms with E-state index in [0.29, 0.717) is 16.6 Å². The van der Waals surface area contributed by atoms with E-state index < -0.39 is 0 Å². The fraction of sp³-hybridized carbons (Fsp3) is 0.100. The number of phenolic OH excluding ortho intramolecular Hbond substituents is 1. The van der Waals surface area contributed by atoms with Gasteiger partial charge in [-0.3, -0.25) is 4.99 Å². The summed E-state index contributed by atoms with van der Waals surface area (Å²) >= 11 is 14.0. The lowest BCUT2D eigenvalue weighted by molar-refractivity contribution is 0.475. The van der Waals surface area contributed by atoms with E-state index >= 15 is 0 Å². The zero-order valence-electron chi connectivity index (χ0n) is 14.6. The minimum absolute atomic E-state index is 0.207. The molecule has 0 unspecified atom stereocenters. The third-order valence-corrected chi connectivity index (χ3v) is 5.01. The van der Waals surface area contributed by atoms with Gasteiger partial charge in [-0.25, -0.2) is 4.68 Å². The van der Waals surface area contributed by atoms with Crippen LogP contribution in [0.1, 0.15) is 12.5 Å².